The van der Waals surface area contributed by atoms with Crippen LogP contribution in [0.1, 0.15) is 17.3 Å². The van der Waals surface area contributed by atoms with Gasteiger partial charge in [-0.2, -0.15) is 0 Å². The fourth-order valence-corrected chi connectivity index (χ4v) is 1.80. The second-order valence-electron chi connectivity index (χ2n) is 2.75. The average molecular weight is 214 g/mol. The summed E-state index contributed by atoms with van der Waals surface area (Å²) in [6.07, 6.45) is 1.81. The summed E-state index contributed by atoms with van der Waals surface area (Å²) in [5.41, 5.74) is 0.289. The van der Waals surface area contributed by atoms with Gasteiger partial charge < -0.3 is 4.74 Å². The van der Waals surface area contributed by atoms with Crippen molar-refractivity contribution in [2.75, 3.05) is 13.4 Å². The van der Waals surface area contributed by atoms with Gasteiger partial charge in [-0.15, -0.1) is 11.8 Å². The lowest BCUT2D eigenvalue weighted by molar-refractivity contribution is 0.101. The van der Waals surface area contributed by atoms with Crippen LogP contribution in [0, 0.1) is 5.82 Å². The lowest BCUT2D eigenvalue weighted by Gasteiger charge is -2.10. The van der Waals surface area contributed by atoms with Crippen molar-refractivity contribution in [3.63, 3.8) is 0 Å². The molecule has 0 saturated heterocycles. The number of thioether (sulfide) groups is 1. The molecule has 0 atom stereocenters. The topological polar surface area (TPSA) is 26.3 Å². The van der Waals surface area contributed by atoms with Gasteiger partial charge in [0.25, 0.3) is 0 Å². The molecule has 0 aliphatic heterocycles. The Balaban J connectivity index is 3.39. The lowest BCUT2D eigenvalue weighted by atomic mass is 10.1. The van der Waals surface area contributed by atoms with E-state index < -0.39 is 5.82 Å². The smallest absolute Gasteiger partial charge is 0.163 e. The van der Waals surface area contributed by atoms with Crippen LogP contribution >= 0.6 is 11.8 Å². The van der Waals surface area contributed by atoms with Crippen molar-refractivity contribution >= 4 is 17.5 Å². The molecule has 1 rings (SSSR count). The second-order valence-corrected chi connectivity index (χ2v) is 3.59. The minimum atomic E-state index is -0.416. The number of rotatable bonds is 3. The zero-order chi connectivity index (χ0) is 10.7. The molecule has 1 aromatic rings. The van der Waals surface area contributed by atoms with Crippen molar-refractivity contribution in [1.29, 1.82) is 0 Å². The van der Waals surface area contributed by atoms with E-state index in [0.29, 0.717) is 10.6 Å². The first-order chi connectivity index (χ1) is 6.60. The monoisotopic (exact) mass is 214 g/mol. The highest BCUT2D eigenvalue weighted by Gasteiger charge is 2.14. The van der Waals surface area contributed by atoms with E-state index in [-0.39, 0.29) is 11.3 Å². The molecule has 0 aliphatic carbocycles. The molecule has 0 amide bonds. The van der Waals surface area contributed by atoms with Crippen molar-refractivity contribution in [3.8, 4) is 5.75 Å². The van der Waals surface area contributed by atoms with Crippen molar-refractivity contribution in [2.45, 2.75) is 11.8 Å². The van der Waals surface area contributed by atoms with Crippen molar-refractivity contribution in [1.82, 2.24) is 0 Å². The standard InChI is InChI=1S/C10H11FO2S/c1-6(12)8-4-7(11)5-9(14-3)10(8)13-2/h4-5H,1-3H3. The van der Waals surface area contributed by atoms with Crippen LogP contribution < -0.4 is 4.74 Å². The van der Waals surface area contributed by atoms with E-state index >= 15 is 0 Å². The van der Waals surface area contributed by atoms with E-state index in [0.717, 1.165) is 0 Å². The number of benzene rings is 1. The number of carbonyl (C=O) groups excluding carboxylic acids is 1. The largest absolute Gasteiger partial charge is 0.495 e. The predicted molar refractivity (Wildman–Crippen MR) is 54.7 cm³/mol. The number of carbonyl (C=O) groups is 1. The SMILES string of the molecule is COc1c(SC)cc(F)cc1C(C)=O. The van der Waals surface area contributed by atoms with Gasteiger partial charge in [0.2, 0.25) is 0 Å². The summed E-state index contributed by atoms with van der Waals surface area (Å²) in [5, 5.41) is 0. The lowest BCUT2D eigenvalue weighted by Crippen LogP contribution is -2.00. The van der Waals surface area contributed by atoms with Crippen LogP contribution in [-0.2, 0) is 0 Å². The summed E-state index contributed by atoms with van der Waals surface area (Å²) in [5.74, 6) is -0.164. The first kappa shape index (κ1) is 11.0. The highest BCUT2D eigenvalue weighted by Crippen LogP contribution is 2.32. The van der Waals surface area contributed by atoms with Gasteiger partial charge in [-0.25, -0.2) is 4.39 Å². The van der Waals surface area contributed by atoms with Crippen LogP contribution in [0.3, 0.4) is 0 Å². The normalized spacial score (nSPS) is 10.0. The number of Topliss-reactive ketones (excluding diaryl/α,β-unsaturated/α-hetero) is 1. The van der Waals surface area contributed by atoms with E-state index in [1.165, 1.54) is 37.9 Å². The van der Waals surface area contributed by atoms with Gasteiger partial charge in [0.05, 0.1) is 17.6 Å². The van der Waals surface area contributed by atoms with Crippen LogP contribution in [0.5, 0.6) is 5.75 Å². The molecule has 0 N–H and O–H groups in total. The van der Waals surface area contributed by atoms with Gasteiger partial charge in [0.1, 0.15) is 11.6 Å². The van der Waals surface area contributed by atoms with E-state index in [2.05, 4.69) is 0 Å². The molecule has 0 unspecified atom stereocenters. The molecule has 0 aromatic heterocycles. The Hall–Kier alpha value is -1.03. The molecular formula is C10H11FO2S. The van der Waals surface area contributed by atoms with Crippen LogP contribution in [0.15, 0.2) is 17.0 Å². The number of methoxy groups -OCH3 is 1. The Labute approximate surface area is 86.5 Å². The minimum Gasteiger partial charge on any atom is -0.495 e. The minimum absolute atomic E-state index is 0.198. The summed E-state index contributed by atoms with van der Waals surface area (Å²) in [4.78, 5) is 11.8. The maximum atomic E-state index is 13.1. The molecule has 2 nitrogen and oxygen atoms in total. The first-order valence-electron chi connectivity index (χ1n) is 4.02. The quantitative estimate of drug-likeness (QED) is 0.571. The van der Waals surface area contributed by atoms with E-state index in [1.54, 1.807) is 6.26 Å². The van der Waals surface area contributed by atoms with Crippen molar-refractivity contribution in [2.24, 2.45) is 0 Å². The molecular weight excluding hydrogens is 203 g/mol. The molecule has 0 bridgehead atoms. The molecule has 4 heteroatoms. The van der Waals surface area contributed by atoms with E-state index in [4.69, 9.17) is 4.74 Å². The number of ketones is 1. The van der Waals surface area contributed by atoms with Crippen molar-refractivity contribution in [3.05, 3.63) is 23.5 Å². The van der Waals surface area contributed by atoms with Crippen LogP contribution in [0.25, 0.3) is 0 Å². The summed E-state index contributed by atoms with van der Waals surface area (Å²) >= 11 is 1.35. The van der Waals surface area contributed by atoms with Gasteiger partial charge in [-0.3, -0.25) is 4.79 Å². The molecule has 1 aromatic carbocycles. The molecule has 0 spiro atoms. The van der Waals surface area contributed by atoms with Crippen molar-refractivity contribution < 1.29 is 13.9 Å². The fourth-order valence-electron chi connectivity index (χ4n) is 1.19. The fraction of sp³-hybridized carbons (Fsp3) is 0.300. The zero-order valence-corrected chi connectivity index (χ0v) is 9.07. The summed E-state index contributed by atoms with van der Waals surface area (Å²) in [7, 11) is 1.47. The van der Waals surface area contributed by atoms with E-state index in [9.17, 15) is 9.18 Å². The third kappa shape index (κ3) is 2.07. The molecule has 0 saturated carbocycles. The zero-order valence-electron chi connectivity index (χ0n) is 8.26. The Bertz CT molecular complexity index is 363. The Morgan fingerprint density at radius 1 is 1.50 bits per heavy atom. The van der Waals surface area contributed by atoms with Crippen LogP contribution in [-0.4, -0.2) is 19.1 Å². The summed E-state index contributed by atoms with van der Waals surface area (Å²) in [6, 6.07) is 2.55. The third-order valence-corrected chi connectivity index (χ3v) is 2.57. The molecule has 14 heavy (non-hydrogen) atoms. The Kier molecular flexibility index (Phi) is 3.52. The highest BCUT2D eigenvalue weighted by molar-refractivity contribution is 7.98. The Morgan fingerprint density at radius 2 is 2.14 bits per heavy atom. The van der Waals surface area contributed by atoms with Gasteiger partial charge >= 0.3 is 0 Å². The van der Waals surface area contributed by atoms with Gasteiger partial charge in [-0.05, 0) is 25.3 Å². The number of halogens is 1. The molecule has 0 aliphatic rings. The average Bonchev–Trinajstić information content (AvgIpc) is 2.16. The number of hydrogen-bond donors (Lipinski definition) is 0. The first-order valence-corrected chi connectivity index (χ1v) is 5.25. The van der Waals surface area contributed by atoms with E-state index in [1.807, 2.05) is 0 Å². The molecule has 0 fully saturated rings. The van der Waals surface area contributed by atoms with Gasteiger partial charge in [-0.1, -0.05) is 0 Å². The van der Waals surface area contributed by atoms with Gasteiger partial charge in [0.15, 0.2) is 5.78 Å². The number of hydrogen-bond acceptors (Lipinski definition) is 3. The van der Waals surface area contributed by atoms with Gasteiger partial charge in [0, 0.05) is 0 Å². The Morgan fingerprint density at radius 3 is 2.57 bits per heavy atom. The van der Waals surface area contributed by atoms with Crippen LogP contribution in [0.2, 0.25) is 0 Å². The summed E-state index contributed by atoms with van der Waals surface area (Å²) in [6.45, 7) is 1.39. The molecule has 0 radical (unpaired) electrons. The molecule has 0 heterocycles. The maximum absolute atomic E-state index is 13.1. The molecule has 76 valence electrons. The second kappa shape index (κ2) is 4.46. The predicted octanol–water partition coefficient (Wildman–Crippen LogP) is 2.76. The maximum Gasteiger partial charge on any atom is 0.163 e. The highest BCUT2D eigenvalue weighted by atomic mass is 32.2. The third-order valence-electron chi connectivity index (χ3n) is 1.82. The number of ether oxygens (including phenoxy) is 1. The summed E-state index contributed by atoms with van der Waals surface area (Å²) < 4.78 is 18.1. The van der Waals surface area contributed by atoms with Crippen LogP contribution in [0.4, 0.5) is 4.39 Å².